The maximum absolute atomic E-state index is 11.9. The number of rotatable bonds is 7. The molecule has 1 saturated carbocycles. The third-order valence-electron chi connectivity index (χ3n) is 3.78. The molecule has 0 aliphatic heterocycles. The van der Waals surface area contributed by atoms with Gasteiger partial charge in [-0.1, -0.05) is 13.8 Å². The molecule has 1 aromatic heterocycles. The van der Waals surface area contributed by atoms with E-state index in [9.17, 15) is 4.79 Å². The highest BCUT2D eigenvalue weighted by Gasteiger charge is 2.40. The lowest BCUT2D eigenvalue weighted by atomic mass is 10.0. The van der Waals surface area contributed by atoms with Crippen LogP contribution in [0.3, 0.4) is 0 Å². The van der Waals surface area contributed by atoms with E-state index >= 15 is 0 Å². The minimum absolute atomic E-state index is 0.130. The topological polar surface area (TPSA) is 66.9 Å². The van der Waals surface area contributed by atoms with E-state index in [1.165, 1.54) is 12.8 Å². The van der Waals surface area contributed by atoms with E-state index in [4.69, 9.17) is 0 Å². The molecule has 1 aliphatic rings. The molecular formula is C14H22N4O. The van der Waals surface area contributed by atoms with Crippen LogP contribution in [0, 0.1) is 5.41 Å². The predicted molar refractivity (Wildman–Crippen MR) is 75.1 cm³/mol. The molecule has 2 N–H and O–H groups in total. The number of carbonyl (C=O) groups is 1. The number of nitrogens with one attached hydrogen (secondary N) is 2. The third-order valence-corrected chi connectivity index (χ3v) is 3.78. The van der Waals surface area contributed by atoms with Crippen molar-refractivity contribution in [2.75, 3.05) is 18.4 Å². The van der Waals surface area contributed by atoms with Gasteiger partial charge < -0.3 is 10.6 Å². The number of amides is 1. The fourth-order valence-electron chi connectivity index (χ4n) is 1.99. The lowest BCUT2D eigenvalue weighted by Crippen LogP contribution is -2.30. The molecule has 0 bridgehead atoms. The van der Waals surface area contributed by atoms with Crippen molar-refractivity contribution in [3.8, 4) is 0 Å². The fraction of sp³-hybridized carbons (Fsp3) is 0.643. The zero-order valence-electron chi connectivity index (χ0n) is 11.7. The molecule has 1 aromatic rings. The van der Waals surface area contributed by atoms with Gasteiger partial charge in [-0.15, -0.1) is 10.2 Å². The summed E-state index contributed by atoms with van der Waals surface area (Å²) < 4.78 is 0. The monoisotopic (exact) mass is 262 g/mol. The van der Waals surface area contributed by atoms with Gasteiger partial charge in [0, 0.05) is 13.1 Å². The van der Waals surface area contributed by atoms with Crippen LogP contribution in [0.15, 0.2) is 12.1 Å². The number of aromatic nitrogens is 2. The molecule has 104 valence electrons. The van der Waals surface area contributed by atoms with Crippen LogP contribution in [0.2, 0.25) is 0 Å². The first-order valence-electron chi connectivity index (χ1n) is 7.05. The van der Waals surface area contributed by atoms with E-state index in [-0.39, 0.29) is 5.91 Å². The molecule has 0 aromatic carbocycles. The van der Waals surface area contributed by atoms with Crippen molar-refractivity contribution in [1.29, 1.82) is 0 Å². The standard InChI is InChI=1S/C14H22N4O/c1-3-9-15-12-6-5-11(17-18-12)13(19)16-10-14(4-2)7-8-14/h5-6H,3-4,7-10H2,1-2H3,(H,15,18)(H,16,19). The molecule has 0 spiro atoms. The van der Waals surface area contributed by atoms with Gasteiger partial charge in [-0.3, -0.25) is 4.79 Å². The fourth-order valence-corrected chi connectivity index (χ4v) is 1.99. The first-order valence-corrected chi connectivity index (χ1v) is 7.05. The third kappa shape index (κ3) is 3.66. The van der Waals surface area contributed by atoms with Crippen LogP contribution in [0.1, 0.15) is 50.0 Å². The second kappa shape index (κ2) is 5.99. The first-order chi connectivity index (χ1) is 9.19. The van der Waals surface area contributed by atoms with Crippen molar-refractivity contribution < 1.29 is 4.79 Å². The van der Waals surface area contributed by atoms with E-state index in [2.05, 4.69) is 34.7 Å². The summed E-state index contributed by atoms with van der Waals surface area (Å²) in [5.74, 6) is 0.583. The summed E-state index contributed by atoms with van der Waals surface area (Å²) in [6.07, 6.45) is 4.59. The van der Waals surface area contributed by atoms with E-state index in [0.717, 1.165) is 25.9 Å². The number of hydrogen-bond acceptors (Lipinski definition) is 4. The average Bonchev–Trinajstić information content (AvgIpc) is 3.24. The first kappa shape index (κ1) is 13.8. The Morgan fingerprint density at radius 3 is 2.63 bits per heavy atom. The Hall–Kier alpha value is -1.65. The van der Waals surface area contributed by atoms with Gasteiger partial charge in [-0.05, 0) is 43.2 Å². The van der Waals surface area contributed by atoms with Gasteiger partial charge in [0.15, 0.2) is 5.69 Å². The molecule has 0 atom stereocenters. The van der Waals surface area contributed by atoms with Crippen molar-refractivity contribution in [2.24, 2.45) is 5.41 Å². The molecule has 0 radical (unpaired) electrons. The molecule has 1 heterocycles. The van der Waals surface area contributed by atoms with E-state index < -0.39 is 0 Å². The Bertz CT molecular complexity index is 426. The maximum atomic E-state index is 11.9. The summed E-state index contributed by atoms with van der Waals surface area (Å²) in [6, 6.07) is 3.51. The van der Waals surface area contributed by atoms with Crippen molar-refractivity contribution in [1.82, 2.24) is 15.5 Å². The Kier molecular flexibility index (Phi) is 4.35. The second-order valence-electron chi connectivity index (χ2n) is 5.27. The predicted octanol–water partition coefficient (Wildman–Crippen LogP) is 2.22. The number of hydrogen-bond donors (Lipinski definition) is 2. The molecule has 5 heteroatoms. The van der Waals surface area contributed by atoms with Crippen molar-refractivity contribution in [3.63, 3.8) is 0 Å². The van der Waals surface area contributed by atoms with Gasteiger partial charge in [0.05, 0.1) is 0 Å². The summed E-state index contributed by atoms with van der Waals surface area (Å²) in [5, 5.41) is 14.0. The van der Waals surface area contributed by atoms with Gasteiger partial charge in [-0.25, -0.2) is 0 Å². The second-order valence-corrected chi connectivity index (χ2v) is 5.27. The smallest absolute Gasteiger partial charge is 0.271 e. The minimum atomic E-state index is -0.130. The summed E-state index contributed by atoms with van der Waals surface area (Å²) in [7, 11) is 0. The van der Waals surface area contributed by atoms with Crippen LogP contribution in [0.25, 0.3) is 0 Å². The van der Waals surface area contributed by atoms with Crippen LogP contribution in [0.5, 0.6) is 0 Å². The van der Waals surface area contributed by atoms with Gasteiger partial charge in [0.25, 0.3) is 5.91 Å². The summed E-state index contributed by atoms with van der Waals surface area (Å²) in [5.41, 5.74) is 0.736. The number of carbonyl (C=O) groups excluding carboxylic acids is 1. The molecule has 1 aliphatic carbocycles. The molecule has 0 saturated heterocycles. The summed E-state index contributed by atoms with van der Waals surface area (Å²) >= 11 is 0. The quantitative estimate of drug-likeness (QED) is 0.790. The van der Waals surface area contributed by atoms with Gasteiger partial charge in [-0.2, -0.15) is 0 Å². The molecule has 1 amide bonds. The Balaban J connectivity index is 1.85. The van der Waals surface area contributed by atoms with Crippen molar-refractivity contribution >= 4 is 11.7 Å². The lowest BCUT2D eigenvalue weighted by molar-refractivity contribution is 0.0938. The molecule has 19 heavy (non-hydrogen) atoms. The number of anilines is 1. The van der Waals surface area contributed by atoms with Crippen LogP contribution in [-0.2, 0) is 0 Å². The maximum Gasteiger partial charge on any atom is 0.271 e. The highest BCUT2D eigenvalue weighted by molar-refractivity contribution is 5.92. The zero-order valence-corrected chi connectivity index (χ0v) is 11.7. The van der Waals surface area contributed by atoms with Crippen LogP contribution >= 0.6 is 0 Å². The van der Waals surface area contributed by atoms with Gasteiger partial charge in [0.1, 0.15) is 5.82 Å². The molecule has 2 rings (SSSR count). The minimum Gasteiger partial charge on any atom is -0.369 e. The van der Waals surface area contributed by atoms with Crippen molar-refractivity contribution in [3.05, 3.63) is 17.8 Å². The van der Waals surface area contributed by atoms with E-state index in [0.29, 0.717) is 16.9 Å². The Morgan fingerprint density at radius 2 is 2.11 bits per heavy atom. The van der Waals surface area contributed by atoms with Crippen molar-refractivity contribution in [2.45, 2.75) is 39.5 Å². The highest BCUT2D eigenvalue weighted by atomic mass is 16.1. The SMILES string of the molecule is CCCNc1ccc(C(=O)NCC2(CC)CC2)nn1. The summed E-state index contributed by atoms with van der Waals surface area (Å²) in [6.45, 7) is 5.87. The van der Waals surface area contributed by atoms with Crippen LogP contribution in [0.4, 0.5) is 5.82 Å². The normalized spacial score (nSPS) is 15.9. The molecule has 5 nitrogen and oxygen atoms in total. The van der Waals surface area contributed by atoms with Crippen LogP contribution < -0.4 is 10.6 Å². The zero-order chi connectivity index (χ0) is 13.7. The number of nitrogens with zero attached hydrogens (tertiary/aromatic N) is 2. The molecular weight excluding hydrogens is 240 g/mol. The van der Waals surface area contributed by atoms with E-state index in [1.54, 1.807) is 12.1 Å². The molecule has 1 fully saturated rings. The lowest BCUT2D eigenvalue weighted by Gasteiger charge is -2.12. The average molecular weight is 262 g/mol. The van der Waals surface area contributed by atoms with Gasteiger partial charge >= 0.3 is 0 Å². The van der Waals surface area contributed by atoms with Crippen LogP contribution in [-0.4, -0.2) is 29.2 Å². The largest absolute Gasteiger partial charge is 0.369 e. The summed E-state index contributed by atoms with van der Waals surface area (Å²) in [4.78, 5) is 11.9. The van der Waals surface area contributed by atoms with E-state index in [1.807, 2.05) is 0 Å². The highest BCUT2D eigenvalue weighted by Crippen LogP contribution is 2.47. The molecule has 0 unspecified atom stereocenters. The Labute approximate surface area is 114 Å². The Morgan fingerprint density at radius 1 is 1.32 bits per heavy atom. The van der Waals surface area contributed by atoms with Gasteiger partial charge in [0.2, 0.25) is 0 Å².